The second kappa shape index (κ2) is 50.2. The maximum absolute atomic E-state index is 13.5. The normalized spacial score (nSPS) is 15.3. The number of nitrogens with one attached hydrogen (secondary N) is 4. The second-order valence-corrected chi connectivity index (χ2v) is 78.9. The van der Waals surface area contributed by atoms with Crippen LogP contribution in [0, 0.1) is 0 Å². The number of imide groups is 2. The number of hydrogen-bond donors (Lipinski definition) is 5. The summed E-state index contributed by atoms with van der Waals surface area (Å²) in [5.74, 6) is 1.77. The molecule has 0 unspecified atom stereocenters. The predicted octanol–water partition coefficient (Wildman–Crippen LogP) is 21.2. The number of carbonyl (C=O) groups is 5. The number of fused-ring (bicyclic) bond motifs is 9. The molecule has 4 amide bonds. The maximum atomic E-state index is 13.5. The Balaban J connectivity index is 0.000000181. The number of aromatic nitrogens is 11. The zero-order valence-corrected chi connectivity index (χ0v) is 85.6. The minimum absolute atomic E-state index is 0. The number of halogens is 6. The van der Waals surface area contributed by atoms with Gasteiger partial charge in [0.25, 0.3) is 34.7 Å². The molecule has 669 valence electrons. The molecule has 0 spiro atoms. The van der Waals surface area contributed by atoms with E-state index in [0.717, 1.165) is 155 Å². The van der Waals surface area contributed by atoms with Crippen LogP contribution in [0.4, 0.5) is 4.79 Å². The Labute approximate surface area is 825 Å². The Hall–Kier alpha value is -6.74. The fourth-order valence-corrected chi connectivity index (χ4v) is 16.9. The number of unbranched alkanes of at least 4 members (excludes halogenated alkanes) is 3. The van der Waals surface area contributed by atoms with Gasteiger partial charge in [-0.3, -0.25) is 78.4 Å². The molecule has 0 saturated carbocycles. The molecule has 6 aromatic carbocycles. The van der Waals surface area contributed by atoms with E-state index in [1.807, 2.05) is 106 Å². The van der Waals surface area contributed by atoms with E-state index in [4.69, 9.17) is 40.4 Å². The van der Waals surface area contributed by atoms with Crippen molar-refractivity contribution in [3.63, 3.8) is 0 Å². The van der Waals surface area contributed by atoms with Crippen LogP contribution in [0.25, 0.3) is 43.9 Å². The first-order valence-corrected chi connectivity index (χ1v) is 64.3. The molecule has 2 aliphatic heterocycles. The van der Waals surface area contributed by atoms with Crippen LogP contribution in [0.1, 0.15) is 223 Å². The van der Waals surface area contributed by atoms with Crippen molar-refractivity contribution >= 4 is 197 Å². The number of nitrogens with two attached hydrogens (primary N) is 1. The van der Waals surface area contributed by atoms with E-state index in [2.05, 4.69) is 177 Å². The van der Waals surface area contributed by atoms with Gasteiger partial charge in [0.15, 0.2) is 0 Å². The zero-order chi connectivity index (χ0) is 87.2. The molecule has 33 heteroatoms. The van der Waals surface area contributed by atoms with Crippen molar-refractivity contribution < 1.29 is 43.1 Å². The molecule has 127 heavy (non-hydrogen) atoms. The molecule has 0 saturated heterocycles. The van der Waals surface area contributed by atoms with Crippen molar-refractivity contribution in [2.45, 2.75) is 175 Å². The number of imidazole rings is 3. The quantitative estimate of drug-likeness (QED) is 0.0226. The van der Waals surface area contributed by atoms with Crippen LogP contribution in [0.5, 0.6) is 0 Å². The zero-order valence-electron chi connectivity index (χ0n) is 69.7. The molecule has 9 heterocycles. The number of H-pyrrole nitrogens is 4. The fraction of sp³-hybridized carbons (Fsp3) is 0.351. The molecule has 7 aromatic heterocycles. The van der Waals surface area contributed by atoms with Gasteiger partial charge in [0, 0.05) is 31.7 Å². The topological polar surface area (TPSA) is 316 Å². The fourth-order valence-electron chi connectivity index (χ4n) is 16.9. The molecule has 0 bridgehead atoms. The van der Waals surface area contributed by atoms with Crippen molar-refractivity contribution in [1.29, 1.82) is 0 Å². The Morgan fingerprint density at radius 3 is 1.20 bits per heavy atom. The molecule has 3 aliphatic carbocycles. The minimum atomic E-state index is -0.657. The number of hydrogen-bond acceptors (Lipinski definition) is 18. The van der Waals surface area contributed by atoms with Gasteiger partial charge in [-0.2, -0.15) is 0 Å². The van der Waals surface area contributed by atoms with E-state index in [9.17, 15) is 33.6 Å². The summed E-state index contributed by atoms with van der Waals surface area (Å²) in [6.07, 6.45) is 20.1. The molecule has 25 nitrogen and oxygen atoms in total. The number of benzene rings is 6. The second-order valence-electron chi connectivity index (χ2n) is 31.7. The third kappa shape index (κ3) is 26.8. The molecule has 6 N–H and O–H groups in total. The number of amides is 4. The monoisotopic (exact) mass is 2470 g/mol. The Bertz CT molecular complexity index is 5800. The Morgan fingerprint density at radius 1 is 0.480 bits per heavy atom. The van der Waals surface area contributed by atoms with Gasteiger partial charge < -0.3 is 20.4 Å². The SMILES string of the molecule is C.C.CC(C)(C)OC(=O)n1c(CN(CCCCN2C(=O)c3ccccc3C2=O)[C@H]2CCCc3cccnc32)nc2ccccc21.I.NCCCCN(Cc1nc2ccccc2[nH]1)[C@H]1CCCc2cccnc21.O=C1c2ccccc2C(=O)N1CCCCN(Cc1nc2ccccc2[nH]1)[C@H]1CCCc2cccnc21.O=c1[nH][nH]c(=O)c2ccccc12.[I][V]([I])[I].[I][V][I]. The Morgan fingerprint density at radius 2 is 0.827 bits per heavy atom. The molecular formula is C94H108I6N17O8V2. The van der Waals surface area contributed by atoms with E-state index in [0.29, 0.717) is 99.0 Å². The number of aromatic amines is 4. The Kier molecular flexibility index (Phi) is 40.5. The van der Waals surface area contributed by atoms with Crippen molar-refractivity contribution in [3.8, 4) is 0 Å². The average molecular weight is 2470 g/mol. The first-order valence-electron chi connectivity index (χ1n) is 41.8. The van der Waals surface area contributed by atoms with Crippen molar-refractivity contribution in [2.24, 2.45) is 5.73 Å². The van der Waals surface area contributed by atoms with Crippen molar-refractivity contribution in [2.75, 3.05) is 39.3 Å². The number of ether oxygens (including phenoxy) is 1. The van der Waals surface area contributed by atoms with Crippen LogP contribution in [0.2, 0.25) is 0 Å². The van der Waals surface area contributed by atoms with E-state index in [1.54, 1.807) is 77.4 Å². The van der Waals surface area contributed by atoms with Gasteiger partial charge in [0.2, 0.25) is 0 Å². The summed E-state index contributed by atoms with van der Waals surface area (Å²) in [5.41, 5.74) is 19.5. The number of rotatable bonds is 23. The van der Waals surface area contributed by atoms with Gasteiger partial charge in [0.05, 0.1) is 121 Å². The van der Waals surface area contributed by atoms with Gasteiger partial charge in [-0.05, 0) is 251 Å². The average Bonchev–Trinajstić information content (AvgIpc) is 1.68. The van der Waals surface area contributed by atoms with Gasteiger partial charge in [-0.1, -0.05) is 106 Å². The van der Waals surface area contributed by atoms with E-state index < -0.39 is 11.7 Å². The van der Waals surface area contributed by atoms with Gasteiger partial charge in [-0.15, -0.1) is 24.0 Å². The summed E-state index contributed by atoms with van der Waals surface area (Å²) in [4.78, 5) is 132. The van der Waals surface area contributed by atoms with Crippen molar-refractivity contribution in [3.05, 3.63) is 295 Å². The predicted molar refractivity (Wildman–Crippen MR) is 549 cm³/mol. The van der Waals surface area contributed by atoms with Gasteiger partial charge in [-0.25, -0.2) is 24.3 Å². The third-order valence-corrected chi connectivity index (χ3v) is 22.5. The third-order valence-electron chi connectivity index (χ3n) is 22.5. The van der Waals surface area contributed by atoms with E-state index in [1.165, 1.54) is 44.3 Å². The van der Waals surface area contributed by atoms with Crippen LogP contribution in [0.15, 0.2) is 210 Å². The summed E-state index contributed by atoms with van der Waals surface area (Å²) in [6.45, 7) is 11.6. The van der Waals surface area contributed by atoms with Crippen LogP contribution in [-0.2, 0) is 58.0 Å². The van der Waals surface area contributed by atoms with Crippen LogP contribution in [-0.4, -0.2) is 154 Å². The van der Waals surface area contributed by atoms with E-state index >= 15 is 0 Å². The number of nitrogens with zero attached hydrogens (tertiary/aromatic N) is 12. The molecule has 0 radical (unpaired) electrons. The molecule has 3 atom stereocenters. The van der Waals surface area contributed by atoms with E-state index in [-0.39, 0.29) is 90.6 Å². The number of aryl methyl sites for hydroxylation is 3. The summed E-state index contributed by atoms with van der Waals surface area (Å²) >= 11 is 12.1. The van der Waals surface area contributed by atoms with Crippen LogP contribution in [0.3, 0.4) is 0 Å². The summed E-state index contributed by atoms with van der Waals surface area (Å²) in [5, 5.41) is 5.33. The summed E-state index contributed by atoms with van der Waals surface area (Å²) < 4.78 is 7.39. The summed E-state index contributed by atoms with van der Waals surface area (Å²) in [7, 11) is 0.628. The van der Waals surface area contributed by atoms with Gasteiger partial charge >= 0.3 is 120 Å². The molecule has 13 aromatic rings. The number of carbonyl (C=O) groups excluding carboxylic acids is 5. The molecular weight excluding hydrogens is 2360 g/mol. The molecule has 18 rings (SSSR count). The number of para-hydroxylation sites is 6. The van der Waals surface area contributed by atoms with Gasteiger partial charge in [0.1, 0.15) is 23.1 Å². The standard InChI is InChI=1S/C34H37N5O4.C29H29N5O2.C21H27N5.C8H6N2O2.2CH4.6HI.2V/c1-34(2,3)43-33(42)39-27-17-7-6-16-26(27)36-29(39)22-37(28-18-10-12-23-13-11-19-35-30(23)28)20-8-9-21-38-31(40)24-14-4-5-15-25(24)32(38)41;35-28-21-11-1-2-12-22(21)29(36)34(28)18-6-5-17-33(19-26-31-23-13-3-4-14-24(23)32-26)25-15-7-9-20-10-8-16-30-27(20)25;22-12-3-4-14-26(15-20-24-17-9-1-2-10-18(17)25-20)19-11-5-7-16-8-6-13-23-21(16)19;11-7-5-3-1-2-4-6(5)8(12)10-9-7;;;;;;;;;;/h4-7,11,13-17,19,28H,8-10,12,18,20-22H2,1-3H3;1-4,8,10-14,16,25H,5-7,9,15,17-19H2,(H,31,32);1-2,6,8-10,13,19H,3-5,7,11-12,14-15,22H2,(H,24,25);1-4H,(H,9,11)(H,10,12);2*1H4;6*1H;;/q;;;;;;;;;;;;+2;+3/p-5/t28-;25-;19-;;;;;;;;;;;/m000.........../s1. The van der Waals surface area contributed by atoms with Crippen LogP contribution >= 0.6 is 124 Å². The number of pyridine rings is 3. The first kappa shape index (κ1) is 102. The first-order chi connectivity index (χ1) is 60.2. The molecule has 5 aliphatic rings. The molecule has 0 fully saturated rings. The van der Waals surface area contributed by atoms with Crippen LogP contribution < -0.4 is 16.9 Å². The summed E-state index contributed by atoms with van der Waals surface area (Å²) in [6, 6.07) is 57.9. The van der Waals surface area contributed by atoms with Crippen molar-refractivity contribution in [1.82, 2.24) is 79.1 Å².